The van der Waals surface area contributed by atoms with Gasteiger partial charge in [0.15, 0.2) is 0 Å². The first-order chi connectivity index (χ1) is 13.5. The zero-order chi connectivity index (χ0) is 19.6. The number of aromatic nitrogens is 2. The molecule has 4 rings (SSSR count). The van der Waals surface area contributed by atoms with E-state index in [1.54, 1.807) is 54.6 Å². The van der Waals surface area contributed by atoms with E-state index in [1.165, 1.54) is 0 Å². The fraction of sp³-hybridized carbons (Fsp3) is 0.238. The van der Waals surface area contributed by atoms with E-state index in [-0.39, 0.29) is 4.90 Å². The van der Waals surface area contributed by atoms with Gasteiger partial charge in [0, 0.05) is 11.6 Å². The van der Waals surface area contributed by atoms with E-state index in [1.807, 2.05) is 6.92 Å². The van der Waals surface area contributed by atoms with Crippen LogP contribution in [0.25, 0.3) is 0 Å². The summed E-state index contributed by atoms with van der Waals surface area (Å²) in [5.74, 6) is 1.76. The fourth-order valence-electron chi connectivity index (χ4n) is 3.31. The Hall–Kier alpha value is -2.93. The van der Waals surface area contributed by atoms with Crippen LogP contribution >= 0.6 is 0 Å². The molecule has 144 valence electrons. The van der Waals surface area contributed by atoms with Gasteiger partial charge in [-0.25, -0.2) is 13.4 Å². The molecule has 1 heterocycles. The number of benzene rings is 2. The second kappa shape index (κ2) is 7.59. The zero-order valence-electron chi connectivity index (χ0n) is 15.6. The van der Waals surface area contributed by atoms with Crippen molar-refractivity contribution in [3.05, 3.63) is 71.7 Å². The average molecular weight is 395 g/mol. The van der Waals surface area contributed by atoms with Crippen LogP contribution in [-0.4, -0.2) is 18.4 Å². The Kier molecular flexibility index (Phi) is 5.00. The summed E-state index contributed by atoms with van der Waals surface area (Å²) < 4.78 is 33.7. The van der Waals surface area contributed by atoms with Crippen LogP contribution in [-0.2, 0) is 22.9 Å². The molecule has 0 radical (unpaired) electrons. The Bertz CT molecular complexity index is 1100. The Balaban J connectivity index is 1.60. The number of fused-ring (bicyclic) bond motifs is 1. The molecule has 7 heteroatoms. The van der Waals surface area contributed by atoms with Crippen LogP contribution in [0.1, 0.15) is 29.9 Å². The monoisotopic (exact) mass is 395 g/mol. The quantitative estimate of drug-likeness (QED) is 0.698. The van der Waals surface area contributed by atoms with Crippen LogP contribution in [0, 0.1) is 6.92 Å². The molecule has 0 unspecified atom stereocenters. The van der Waals surface area contributed by atoms with E-state index in [0.29, 0.717) is 23.1 Å². The lowest BCUT2D eigenvalue weighted by atomic mass is 9.97. The number of hydrogen-bond donors (Lipinski definition) is 1. The van der Waals surface area contributed by atoms with Crippen molar-refractivity contribution in [3.8, 4) is 11.6 Å². The molecule has 6 nitrogen and oxygen atoms in total. The number of rotatable bonds is 5. The normalized spacial score (nSPS) is 13.6. The van der Waals surface area contributed by atoms with Gasteiger partial charge in [0.05, 0.1) is 16.3 Å². The van der Waals surface area contributed by atoms with Gasteiger partial charge in [-0.3, -0.25) is 4.72 Å². The van der Waals surface area contributed by atoms with Crippen LogP contribution in [0.4, 0.5) is 5.69 Å². The van der Waals surface area contributed by atoms with Gasteiger partial charge >= 0.3 is 0 Å². The van der Waals surface area contributed by atoms with Crippen molar-refractivity contribution >= 4 is 15.7 Å². The molecule has 0 amide bonds. The summed E-state index contributed by atoms with van der Waals surface area (Å²) >= 11 is 0. The number of nitrogens with one attached hydrogen (secondary N) is 1. The maximum absolute atomic E-state index is 12.5. The molecule has 2 aromatic carbocycles. The van der Waals surface area contributed by atoms with Crippen LogP contribution in [0.2, 0.25) is 0 Å². The molecule has 0 bridgehead atoms. The predicted octanol–water partition coefficient (Wildman–Crippen LogP) is 4.26. The van der Waals surface area contributed by atoms with E-state index in [2.05, 4.69) is 14.7 Å². The van der Waals surface area contributed by atoms with Crippen molar-refractivity contribution in [2.75, 3.05) is 4.72 Å². The Morgan fingerprint density at radius 3 is 2.57 bits per heavy atom. The predicted molar refractivity (Wildman–Crippen MR) is 107 cm³/mol. The van der Waals surface area contributed by atoms with Crippen molar-refractivity contribution in [1.29, 1.82) is 0 Å². The van der Waals surface area contributed by atoms with Crippen molar-refractivity contribution in [1.82, 2.24) is 9.97 Å². The van der Waals surface area contributed by atoms with Crippen LogP contribution in [0.3, 0.4) is 0 Å². The van der Waals surface area contributed by atoms with Crippen LogP contribution in [0.15, 0.2) is 59.5 Å². The summed E-state index contributed by atoms with van der Waals surface area (Å²) in [4.78, 5) is 9.20. The van der Waals surface area contributed by atoms with E-state index in [9.17, 15) is 8.42 Å². The maximum atomic E-state index is 12.5. The van der Waals surface area contributed by atoms with Gasteiger partial charge in [0.25, 0.3) is 10.0 Å². The van der Waals surface area contributed by atoms with Gasteiger partial charge in [-0.15, -0.1) is 0 Å². The highest BCUT2D eigenvalue weighted by molar-refractivity contribution is 7.92. The number of ether oxygens (including phenoxy) is 1. The lowest BCUT2D eigenvalue weighted by Crippen LogP contribution is -2.13. The van der Waals surface area contributed by atoms with E-state index in [4.69, 9.17) is 4.74 Å². The molecule has 0 fully saturated rings. The van der Waals surface area contributed by atoms with Gasteiger partial charge in [-0.2, -0.15) is 4.98 Å². The fourth-order valence-corrected chi connectivity index (χ4v) is 4.38. The molecule has 1 N–H and O–H groups in total. The first kappa shape index (κ1) is 18.4. The third-order valence-corrected chi connectivity index (χ3v) is 6.01. The second-order valence-electron chi connectivity index (χ2n) is 6.76. The molecule has 0 saturated heterocycles. The number of sulfonamides is 1. The highest BCUT2D eigenvalue weighted by Crippen LogP contribution is 2.31. The topological polar surface area (TPSA) is 81.2 Å². The van der Waals surface area contributed by atoms with Crippen molar-refractivity contribution in [3.63, 3.8) is 0 Å². The molecule has 0 saturated carbocycles. The van der Waals surface area contributed by atoms with Gasteiger partial charge in [0.1, 0.15) is 11.6 Å². The van der Waals surface area contributed by atoms with Gasteiger partial charge in [-0.05, 0) is 56.9 Å². The number of aryl methyl sites for hydroxylation is 2. The minimum Gasteiger partial charge on any atom is -0.439 e. The van der Waals surface area contributed by atoms with Crippen LogP contribution in [0.5, 0.6) is 11.6 Å². The van der Waals surface area contributed by atoms with Crippen LogP contribution < -0.4 is 9.46 Å². The van der Waals surface area contributed by atoms with Gasteiger partial charge in [0.2, 0.25) is 5.88 Å². The second-order valence-corrected chi connectivity index (χ2v) is 8.44. The summed E-state index contributed by atoms with van der Waals surface area (Å²) in [6.45, 7) is 1.85. The third-order valence-electron chi connectivity index (χ3n) is 4.61. The Labute approximate surface area is 164 Å². The molecule has 0 aliphatic heterocycles. The van der Waals surface area contributed by atoms with Gasteiger partial charge < -0.3 is 4.74 Å². The molecule has 1 aromatic heterocycles. The molecule has 3 aromatic rings. The van der Waals surface area contributed by atoms with E-state index in [0.717, 1.165) is 36.9 Å². The lowest BCUT2D eigenvalue weighted by molar-refractivity contribution is 0.445. The summed E-state index contributed by atoms with van der Waals surface area (Å²) in [6, 6.07) is 15.1. The van der Waals surface area contributed by atoms with E-state index >= 15 is 0 Å². The molecular formula is C21H21N3O3S. The first-order valence-electron chi connectivity index (χ1n) is 9.23. The molecule has 0 atom stereocenters. The lowest BCUT2D eigenvalue weighted by Gasteiger charge is -2.18. The smallest absolute Gasteiger partial charge is 0.261 e. The first-order valence-corrected chi connectivity index (χ1v) is 10.7. The zero-order valence-corrected chi connectivity index (χ0v) is 16.4. The Morgan fingerprint density at radius 1 is 0.964 bits per heavy atom. The summed E-state index contributed by atoms with van der Waals surface area (Å²) in [7, 11) is -3.66. The molecule has 0 spiro atoms. The summed E-state index contributed by atoms with van der Waals surface area (Å²) in [5, 5.41) is 0. The Morgan fingerprint density at radius 2 is 1.75 bits per heavy atom. The number of anilines is 1. The van der Waals surface area contributed by atoms with E-state index < -0.39 is 10.0 Å². The standard InChI is InChI=1S/C21H21N3O3S/c1-15-22-20-13-6-5-12-19(20)21(23-15)27-17-9-7-8-16(14-17)24-28(25,26)18-10-3-2-4-11-18/h2-4,7-11,14,24H,5-6,12-13H2,1H3. The molecule has 28 heavy (non-hydrogen) atoms. The average Bonchev–Trinajstić information content (AvgIpc) is 2.68. The largest absolute Gasteiger partial charge is 0.439 e. The molecule has 1 aliphatic rings. The maximum Gasteiger partial charge on any atom is 0.261 e. The minimum atomic E-state index is -3.66. The summed E-state index contributed by atoms with van der Waals surface area (Å²) in [6.07, 6.45) is 4.05. The minimum absolute atomic E-state index is 0.210. The number of hydrogen-bond acceptors (Lipinski definition) is 5. The molecular weight excluding hydrogens is 374 g/mol. The van der Waals surface area contributed by atoms with Crippen molar-refractivity contribution < 1.29 is 13.2 Å². The highest BCUT2D eigenvalue weighted by Gasteiger charge is 2.19. The van der Waals surface area contributed by atoms with Crippen molar-refractivity contribution in [2.24, 2.45) is 0 Å². The third kappa shape index (κ3) is 3.99. The highest BCUT2D eigenvalue weighted by atomic mass is 32.2. The van der Waals surface area contributed by atoms with Crippen molar-refractivity contribution in [2.45, 2.75) is 37.5 Å². The SMILES string of the molecule is Cc1nc2c(c(Oc3cccc(NS(=O)(=O)c4ccccc4)c3)n1)CCCC2. The summed E-state index contributed by atoms with van der Waals surface area (Å²) in [5.41, 5.74) is 2.53. The molecule has 1 aliphatic carbocycles. The van der Waals surface area contributed by atoms with Gasteiger partial charge in [-0.1, -0.05) is 24.3 Å². The number of nitrogens with zero attached hydrogens (tertiary/aromatic N) is 2.